The Hall–Kier alpha value is -2.29. The van der Waals surface area contributed by atoms with Crippen molar-refractivity contribution >= 4 is 5.91 Å². The Kier molecular flexibility index (Phi) is 3.88. The first kappa shape index (κ1) is 14.6. The lowest BCUT2D eigenvalue weighted by atomic mass is 9.76. The largest absolute Gasteiger partial charge is 0.496 e. The van der Waals surface area contributed by atoms with Crippen LogP contribution >= 0.6 is 0 Å². The fourth-order valence-corrected chi connectivity index (χ4v) is 3.29. The number of methoxy groups -OCH3 is 1. The molecular formula is C19H21NO2. The van der Waals surface area contributed by atoms with E-state index in [4.69, 9.17) is 4.74 Å². The summed E-state index contributed by atoms with van der Waals surface area (Å²) in [5, 5.41) is 3.24. The summed E-state index contributed by atoms with van der Waals surface area (Å²) in [6, 6.07) is 16.3. The lowest BCUT2D eigenvalue weighted by molar-refractivity contribution is -0.124. The maximum atomic E-state index is 12.1. The van der Waals surface area contributed by atoms with Gasteiger partial charge in [0.25, 0.3) is 0 Å². The quantitative estimate of drug-likeness (QED) is 0.940. The van der Waals surface area contributed by atoms with Crippen LogP contribution in [-0.2, 0) is 10.3 Å². The van der Waals surface area contributed by atoms with Gasteiger partial charge in [-0.05, 0) is 31.4 Å². The molecule has 1 aliphatic rings. The average Bonchev–Trinajstić information content (AvgIpc) is 2.55. The Morgan fingerprint density at radius 3 is 2.50 bits per heavy atom. The minimum Gasteiger partial charge on any atom is -0.496 e. The number of nitrogens with one attached hydrogen (secondary N) is 1. The van der Waals surface area contributed by atoms with Gasteiger partial charge in [-0.3, -0.25) is 4.79 Å². The molecule has 1 heterocycles. The second-order valence-electron chi connectivity index (χ2n) is 5.87. The summed E-state index contributed by atoms with van der Waals surface area (Å²) < 4.78 is 5.55. The summed E-state index contributed by atoms with van der Waals surface area (Å²) in [5.74, 6) is 0.906. The van der Waals surface area contributed by atoms with Gasteiger partial charge < -0.3 is 10.1 Å². The summed E-state index contributed by atoms with van der Waals surface area (Å²) in [4.78, 5) is 12.1. The van der Waals surface area contributed by atoms with Crippen molar-refractivity contribution in [2.75, 3.05) is 7.11 Å². The van der Waals surface area contributed by atoms with Gasteiger partial charge >= 0.3 is 0 Å². The van der Waals surface area contributed by atoms with E-state index in [0.717, 1.165) is 29.7 Å². The molecule has 2 aromatic carbocycles. The van der Waals surface area contributed by atoms with Gasteiger partial charge in [-0.25, -0.2) is 0 Å². The van der Waals surface area contributed by atoms with Gasteiger partial charge in [-0.15, -0.1) is 0 Å². The minimum absolute atomic E-state index is 0.0951. The van der Waals surface area contributed by atoms with Gasteiger partial charge in [0.05, 0.1) is 12.6 Å². The first-order valence-corrected chi connectivity index (χ1v) is 7.67. The summed E-state index contributed by atoms with van der Waals surface area (Å²) >= 11 is 0. The normalized spacial score (nSPS) is 21.3. The third-order valence-electron chi connectivity index (χ3n) is 4.42. The maximum Gasteiger partial charge on any atom is 0.220 e. The van der Waals surface area contributed by atoms with E-state index in [9.17, 15) is 4.79 Å². The third-order valence-corrected chi connectivity index (χ3v) is 4.42. The van der Waals surface area contributed by atoms with Crippen LogP contribution in [0, 0.1) is 6.92 Å². The van der Waals surface area contributed by atoms with Crippen LogP contribution in [0.5, 0.6) is 5.75 Å². The number of hydrogen-bond acceptors (Lipinski definition) is 2. The number of hydrogen-bond donors (Lipinski definition) is 1. The van der Waals surface area contributed by atoms with E-state index in [1.165, 1.54) is 5.56 Å². The van der Waals surface area contributed by atoms with Crippen LogP contribution < -0.4 is 10.1 Å². The Labute approximate surface area is 131 Å². The topological polar surface area (TPSA) is 38.3 Å². The van der Waals surface area contributed by atoms with Gasteiger partial charge in [0.2, 0.25) is 5.91 Å². The number of carbonyl (C=O) groups excluding carboxylic acids is 1. The molecule has 0 aromatic heterocycles. The van der Waals surface area contributed by atoms with Crippen molar-refractivity contribution in [1.29, 1.82) is 0 Å². The molecule has 1 saturated heterocycles. The molecule has 114 valence electrons. The van der Waals surface area contributed by atoms with Crippen molar-refractivity contribution < 1.29 is 9.53 Å². The highest BCUT2D eigenvalue weighted by Crippen LogP contribution is 2.41. The Morgan fingerprint density at radius 2 is 1.82 bits per heavy atom. The average molecular weight is 295 g/mol. The zero-order valence-corrected chi connectivity index (χ0v) is 13.1. The van der Waals surface area contributed by atoms with Gasteiger partial charge in [0, 0.05) is 12.0 Å². The number of aryl methyl sites for hydroxylation is 1. The third kappa shape index (κ3) is 2.47. The molecule has 0 saturated carbocycles. The van der Waals surface area contributed by atoms with Crippen molar-refractivity contribution in [3.8, 4) is 5.75 Å². The smallest absolute Gasteiger partial charge is 0.220 e. The van der Waals surface area contributed by atoms with Crippen molar-refractivity contribution in [2.45, 2.75) is 31.7 Å². The Balaban J connectivity index is 2.18. The molecule has 3 heteroatoms. The summed E-state index contributed by atoms with van der Waals surface area (Å²) in [6.07, 6.45) is 2.34. The van der Waals surface area contributed by atoms with E-state index < -0.39 is 5.54 Å². The van der Waals surface area contributed by atoms with E-state index in [0.29, 0.717) is 6.42 Å². The molecule has 22 heavy (non-hydrogen) atoms. The monoisotopic (exact) mass is 295 g/mol. The summed E-state index contributed by atoms with van der Waals surface area (Å²) in [7, 11) is 1.67. The zero-order chi connectivity index (χ0) is 15.6. The van der Waals surface area contributed by atoms with Crippen molar-refractivity contribution in [2.24, 2.45) is 0 Å². The number of carbonyl (C=O) groups is 1. The maximum absolute atomic E-state index is 12.1. The Morgan fingerprint density at radius 1 is 1.09 bits per heavy atom. The first-order chi connectivity index (χ1) is 10.7. The standard InChI is InChI=1S/C19H21NO2/c1-14-9-11-15(12-10-14)19(13-5-8-18(21)20-19)16-6-3-4-7-17(16)22-2/h3-4,6-7,9-12H,5,8,13H2,1-2H3,(H,20,21). The molecule has 1 fully saturated rings. The number of amides is 1. The molecule has 3 nitrogen and oxygen atoms in total. The molecule has 0 spiro atoms. The first-order valence-electron chi connectivity index (χ1n) is 7.67. The highest BCUT2D eigenvalue weighted by Gasteiger charge is 2.40. The van der Waals surface area contributed by atoms with Gasteiger partial charge in [0.15, 0.2) is 0 Å². The molecule has 0 aliphatic carbocycles. The van der Waals surface area contributed by atoms with E-state index in [1.807, 2.05) is 24.3 Å². The zero-order valence-electron chi connectivity index (χ0n) is 13.1. The number of para-hydroxylation sites is 1. The molecule has 1 unspecified atom stereocenters. The van der Waals surface area contributed by atoms with E-state index in [-0.39, 0.29) is 5.91 Å². The summed E-state index contributed by atoms with van der Waals surface area (Å²) in [6.45, 7) is 2.07. The minimum atomic E-state index is -0.504. The fraction of sp³-hybridized carbons (Fsp3) is 0.316. The molecular weight excluding hydrogens is 274 g/mol. The van der Waals surface area contributed by atoms with Crippen LogP contribution in [0.4, 0.5) is 0 Å². The molecule has 0 bridgehead atoms. The highest BCUT2D eigenvalue weighted by molar-refractivity contribution is 5.79. The van der Waals surface area contributed by atoms with Crippen molar-refractivity contribution in [3.05, 3.63) is 65.2 Å². The van der Waals surface area contributed by atoms with Crippen LogP contribution in [0.2, 0.25) is 0 Å². The van der Waals surface area contributed by atoms with Crippen LogP contribution in [-0.4, -0.2) is 13.0 Å². The second kappa shape index (κ2) is 5.84. The number of rotatable bonds is 3. The van der Waals surface area contributed by atoms with Crippen molar-refractivity contribution in [1.82, 2.24) is 5.32 Å². The van der Waals surface area contributed by atoms with Crippen LogP contribution in [0.15, 0.2) is 48.5 Å². The number of ether oxygens (including phenoxy) is 1. The van der Waals surface area contributed by atoms with Crippen LogP contribution in [0.3, 0.4) is 0 Å². The predicted molar refractivity (Wildman–Crippen MR) is 86.9 cm³/mol. The molecule has 3 rings (SSSR count). The van der Waals surface area contributed by atoms with Gasteiger partial charge in [-0.1, -0.05) is 48.0 Å². The van der Waals surface area contributed by atoms with Crippen molar-refractivity contribution in [3.63, 3.8) is 0 Å². The van der Waals surface area contributed by atoms with Gasteiger partial charge in [-0.2, -0.15) is 0 Å². The second-order valence-corrected chi connectivity index (χ2v) is 5.87. The van der Waals surface area contributed by atoms with Gasteiger partial charge in [0.1, 0.15) is 5.75 Å². The predicted octanol–water partition coefficient (Wildman–Crippen LogP) is 3.55. The molecule has 1 atom stereocenters. The molecule has 0 radical (unpaired) electrons. The number of piperidine rings is 1. The lowest BCUT2D eigenvalue weighted by Crippen LogP contribution is -2.49. The fourth-order valence-electron chi connectivity index (χ4n) is 3.29. The Bertz CT molecular complexity index is 678. The number of benzene rings is 2. The SMILES string of the molecule is COc1ccccc1C1(c2ccc(C)cc2)CCCC(=O)N1. The molecule has 1 amide bonds. The van der Waals surface area contributed by atoms with E-state index in [2.05, 4.69) is 36.5 Å². The lowest BCUT2D eigenvalue weighted by Gasteiger charge is -2.40. The molecule has 1 aliphatic heterocycles. The van der Waals surface area contributed by atoms with E-state index >= 15 is 0 Å². The summed E-state index contributed by atoms with van der Waals surface area (Å²) in [5.41, 5.74) is 2.83. The van der Waals surface area contributed by atoms with E-state index in [1.54, 1.807) is 7.11 Å². The van der Waals surface area contributed by atoms with Crippen LogP contribution in [0.1, 0.15) is 36.0 Å². The molecule has 2 aromatic rings. The van der Waals surface area contributed by atoms with Crippen LogP contribution in [0.25, 0.3) is 0 Å². The molecule has 1 N–H and O–H groups in total. The highest BCUT2D eigenvalue weighted by atomic mass is 16.5.